The van der Waals surface area contributed by atoms with Crippen LogP contribution in [0.1, 0.15) is 43.6 Å². The van der Waals surface area contributed by atoms with Crippen molar-refractivity contribution in [1.29, 1.82) is 0 Å². The lowest BCUT2D eigenvalue weighted by molar-refractivity contribution is 0.374. The first kappa shape index (κ1) is 13.5. The van der Waals surface area contributed by atoms with Gasteiger partial charge in [-0.1, -0.05) is 25.3 Å². The summed E-state index contributed by atoms with van der Waals surface area (Å²) in [5.41, 5.74) is 1.14. The number of rotatable bonds is 3. The molecule has 0 aromatic heterocycles. The predicted molar refractivity (Wildman–Crippen MR) is 75.0 cm³/mol. The minimum Gasteiger partial charge on any atom is -0.496 e. The van der Waals surface area contributed by atoms with Gasteiger partial charge in [-0.15, -0.1) is 11.6 Å². The molecule has 0 N–H and O–H groups in total. The van der Waals surface area contributed by atoms with Gasteiger partial charge in [0.25, 0.3) is 0 Å². The third kappa shape index (κ3) is 2.74. The Hall–Kier alpha value is -0.890. The average Bonchev–Trinajstić information content (AvgIpc) is 2.62. The molecule has 1 aromatic carbocycles. The molecule has 0 spiro atoms. The quantitative estimate of drug-likeness (QED) is 0.599. The standard InChI is InChI=1S/C15H21ClO2/c1-17-13-9-6-10-14(18-2)15(13)11-7-4-3-5-8-12(11)16/h6,9-12H,3-5,7-8H2,1-2H3. The Balaban J connectivity index is 2.40. The maximum Gasteiger partial charge on any atom is 0.126 e. The van der Waals surface area contributed by atoms with Gasteiger partial charge in [0.15, 0.2) is 0 Å². The summed E-state index contributed by atoms with van der Waals surface area (Å²) in [5.74, 6) is 2.12. The number of benzene rings is 1. The van der Waals surface area contributed by atoms with E-state index < -0.39 is 0 Å². The van der Waals surface area contributed by atoms with Crippen LogP contribution >= 0.6 is 11.6 Å². The maximum absolute atomic E-state index is 6.57. The van der Waals surface area contributed by atoms with Crippen LogP contribution in [0.2, 0.25) is 0 Å². The Kier molecular flexibility index (Phi) is 4.76. The molecule has 2 atom stereocenters. The fourth-order valence-corrected chi connectivity index (χ4v) is 3.24. The molecule has 1 saturated carbocycles. The van der Waals surface area contributed by atoms with Gasteiger partial charge >= 0.3 is 0 Å². The summed E-state index contributed by atoms with van der Waals surface area (Å²) >= 11 is 6.57. The predicted octanol–water partition coefficient (Wildman–Crippen LogP) is 4.36. The molecule has 0 aliphatic heterocycles. The number of alkyl halides is 1. The van der Waals surface area contributed by atoms with Crippen LogP contribution in [0.25, 0.3) is 0 Å². The van der Waals surface area contributed by atoms with Crippen LogP contribution in [0.5, 0.6) is 11.5 Å². The Morgan fingerprint density at radius 3 is 2.22 bits per heavy atom. The average molecular weight is 269 g/mol. The van der Waals surface area contributed by atoms with E-state index in [0.717, 1.165) is 29.9 Å². The monoisotopic (exact) mass is 268 g/mol. The fraction of sp³-hybridized carbons (Fsp3) is 0.600. The van der Waals surface area contributed by atoms with E-state index in [-0.39, 0.29) is 5.38 Å². The molecular formula is C15H21ClO2. The van der Waals surface area contributed by atoms with E-state index in [2.05, 4.69) is 0 Å². The van der Waals surface area contributed by atoms with Gasteiger partial charge in [-0.25, -0.2) is 0 Å². The van der Waals surface area contributed by atoms with Gasteiger partial charge in [-0.05, 0) is 25.0 Å². The van der Waals surface area contributed by atoms with Gasteiger partial charge < -0.3 is 9.47 Å². The molecular weight excluding hydrogens is 248 g/mol. The van der Waals surface area contributed by atoms with Crippen molar-refractivity contribution in [1.82, 2.24) is 0 Å². The molecule has 2 nitrogen and oxygen atoms in total. The molecule has 0 amide bonds. The molecule has 1 aliphatic carbocycles. The number of ether oxygens (including phenoxy) is 2. The van der Waals surface area contributed by atoms with E-state index in [9.17, 15) is 0 Å². The van der Waals surface area contributed by atoms with Crippen molar-refractivity contribution in [2.45, 2.75) is 43.4 Å². The normalized spacial score (nSPS) is 24.4. The molecule has 0 radical (unpaired) electrons. The van der Waals surface area contributed by atoms with Crippen LogP contribution < -0.4 is 9.47 Å². The number of hydrogen-bond donors (Lipinski definition) is 0. The second kappa shape index (κ2) is 6.33. The lowest BCUT2D eigenvalue weighted by Gasteiger charge is -2.24. The SMILES string of the molecule is COc1cccc(OC)c1C1CCCCCC1Cl. The molecule has 2 rings (SSSR count). The Morgan fingerprint density at radius 1 is 1.00 bits per heavy atom. The van der Waals surface area contributed by atoms with Crippen molar-refractivity contribution in [2.24, 2.45) is 0 Å². The third-order valence-corrected chi connectivity index (χ3v) is 4.29. The van der Waals surface area contributed by atoms with Gasteiger partial charge in [0.05, 0.1) is 14.2 Å². The molecule has 0 bridgehead atoms. The van der Waals surface area contributed by atoms with E-state index in [4.69, 9.17) is 21.1 Å². The molecule has 1 aliphatic rings. The smallest absolute Gasteiger partial charge is 0.126 e. The fourth-order valence-electron chi connectivity index (χ4n) is 2.83. The second-order valence-corrected chi connectivity index (χ2v) is 5.40. The highest BCUT2D eigenvalue weighted by Crippen LogP contribution is 2.43. The van der Waals surface area contributed by atoms with E-state index in [0.29, 0.717) is 5.92 Å². The molecule has 100 valence electrons. The Labute approximate surface area is 114 Å². The summed E-state index contributed by atoms with van der Waals surface area (Å²) in [5, 5.41) is 0.178. The maximum atomic E-state index is 6.57. The number of halogens is 1. The lowest BCUT2D eigenvalue weighted by Crippen LogP contribution is -2.13. The van der Waals surface area contributed by atoms with E-state index in [1.165, 1.54) is 19.3 Å². The van der Waals surface area contributed by atoms with E-state index in [1.807, 2.05) is 18.2 Å². The molecule has 1 fully saturated rings. The first-order valence-corrected chi connectivity index (χ1v) is 7.06. The molecule has 1 aromatic rings. The largest absolute Gasteiger partial charge is 0.496 e. The van der Waals surface area contributed by atoms with Crippen molar-refractivity contribution in [3.05, 3.63) is 23.8 Å². The van der Waals surface area contributed by atoms with Gasteiger partial charge in [0, 0.05) is 16.9 Å². The van der Waals surface area contributed by atoms with Crippen molar-refractivity contribution in [2.75, 3.05) is 14.2 Å². The van der Waals surface area contributed by atoms with Crippen LogP contribution in [0.4, 0.5) is 0 Å². The topological polar surface area (TPSA) is 18.5 Å². The Bertz CT molecular complexity index is 370. The first-order chi connectivity index (χ1) is 8.77. The highest BCUT2D eigenvalue weighted by atomic mass is 35.5. The van der Waals surface area contributed by atoms with Crippen molar-refractivity contribution in [3.8, 4) is 11.5 Å². The van der Waals surface area contributed by atoms with E-state index >= 15 is 0 Å². The number of methoxy groups -OCH3 is 2. The summed E-state index contributed by atoms with van der Waals surface area (Å²) in [4.78, 5) is 0. The van der Waals surface area contributed by atoms with Gasteiger partial charge in [-0.2, -0.15) is 0 Å². The lowest BCUT2D eigenvalue weighted by atomic mass is 9.90. The van der Waals surface area contributed by atoms with Gasteiger partial charge in [-0.3, -0.25) is 0 Å². The zero-order chi connectivity index (χ0) is 13.0. The minimum absolute atomic E-state index is 0.178. The van der Waals surface area contributed by atoms with Crippen LogP contribution in [0.3, 0.4) is 0 Å². The highest BCUT2D eigenvalue weighted by Gasteiger charge is 2.28. The summed E-state index contributed by atoms with van der Waals surface area (Å²) in [6, 6.07) is 5.94. The van der Waals surface area contributed by atoms with Crippen molar-refractivity contribution >= 4 is 11.6 Å². The van der Waals surface area contributed by atoms with Gasteiger partial charge in [0.1, 0.15) is 11.5 Å². The second-order valence-electron chi connectivity index (χ2n) is 4.84. The summed E-state index contributed by atoms with van der Waals surface area (Å²) < 4.78 is 11.0. The highest BCUT2D eigenvalue weighted by molar-refractivity contribution is 6.21. The molecule has 0 saturated heterocycles. The van der Waals surface area contributed by atoms with Crippen LogP contribution in [-0.4, -0.2) is 19.6 Å². The number of hydrogen-bond acceptors (Lipinski definition) is 2. The van der Waals surface area contributed by atoms with Crippen LogP contribution in [0, 0.1) is 0 Å². The zero-order valence-electron chi connectivity index (χ0n) is 11.1. The molecule has 18 heavy (non-hydrogen) atoms. The minimum atomic E-state index is 0.178. The van der Waals surface area contributed by atoms with Crippen molar-refractivity contribution < 1.29 is 9.47 Å². The zero-order valence-corrected chi connectivity index (χ0v) is 11.9. The van der Waals surface area contributed by atoms with Gasteiger partial charge in [0.2, 0.25) is 0 Å². The molecule has 3 heteroatoms. The Morgan fingerprint density at radius 2 is 1.61 bits per heavy atom. The summed E-state index contributed by atoms with van der Waals surface area (Å²) in [6.45, 7) is 0. The summed E-state index contributed by atoms with van der Waals surface area (Å²) in [6.07, 6.45) is 5.92. The van der Waals surface area contributed by atoms with E-state index in [1.54, 1.807) is 14.2 Å². The molecule has 0 heterocycles. The third-order valence-electron chi connectivity index (χ3n) is 3.77. The molecule has 2 unspecified atom stereocenters. The summed E-state index contributed by atoms with van der Waals surface area (Å²) in [7, 11) is 3.41. The van der Waals surface area contributed by atoms with Crippen LogP contribution in [-0.2, 0) is 0 Å². The van der Waals surface area contributed by atoms with Crippen LogP contribution in [0.15, 0.2) is 18.2 Å². The van der Waals surface area contributed by atoms with Crippen molar-refractivity contribution in [3.63, 3.8) is 0 Å². The first-order valence-electron chi connectivity index (χ1n) is 6.63.